The molecule has 6 heteroatoms. The number of nitrogens with one attached hydrogen (secondary N) is 1. The fourth-order valence-corrected chi connectivity index (χ4v) is 1.21. The minimum absolute atomic E-state index is 0.310. The van der Waals surface area contributed by atoms with Crippen LogP contribution in [0.4, 0.5) is 4.39 Å². The average molecular weight is 193 g/mol. The van der Waals surface area contributed by atoms with Gasteiger partial charge in [-0.25, -0.2) is 4.39 Å². The second-order valence-electron chi connectivity index (χ2n) is 2.74. The topological polar surface area (TPSA) is 80.5 Å². The first-order valence-corrected chi connectivity index (χ1v) is 4.03. The Bertz CT molecular complexity index is 425. The van der Waals surface area contributed by atoms with Crippen LogP contribution < -0.4 is 5.73 Å². The Kier molecular flexibility index (Phi) is 2.19. The second-order valence-corrected chi connectivity index (χ2v) is 2.74. The zero-order valence-electron chi connectivity index (χ0n) is 7.24. The van der Waals surface area contributed by atoms with Crippen molar-refractivity contribution < 1.29 is 4.39 Å². The lowest BCUT2D eigenvalue weighted by Gasteiger charge is -2.02. The third kappa shape index (κ3) is 1.47. The number of halogens is 1. The molecule has 0 aliphatic rings. The van der Waals surface area contributed by atoms with Crippen molar-refractivity contribution in [3.63, 3.8) is 0 Å². The van der Waals surface area contributed by atoms with E-state index < -0.39 is 0 Å². The van der Waals surface area contributed by atoms with E-state index in [4.69, 9.17) is 5.73 Å². The van der Waals surface area contributed by atoms with Crippen molar-refractivity contribution in [1.82, 2.24) is 20.6 Å². The number of H-pyrrole nitrogens is 1. The molecule has 0 amide bonds. The molecule has 0 saturated carbocycles. The minimum Gasteiger partial charge on any atom is -0.326 e. The first kappa shape index (κ1) is 8.76. The fraction of sp³-hybridized carbons (Fsp3) is 0.125. The van der Waals surface area contributed by atoms with E-state index in [-0.39, 0.29) is 5.82 Å². The summed E-state index contributed by atoms with van der Waals surface area (Å²) in [6.45, 7) is 0.310. The van der Waals surface area contributed by atoms with Gasteiger partial charge < -0.3 is 5.73 Å². The van der Waals surface area contributed by atoms with Crippen molar-refractivity contribution >= 4 is 0 Å². The third-order valence-electron chi connectivity index (χ3n) is 1.88. The molecule has 0 radical (unpaired) electrons. The summed E-state index contributed by atoms with van der Waals surface area (Å²) in [5.41, 5.74) is 6.85. The van der Waals surface area contributed by atoms with E-state index in [0.29, 0.717) is 17.9 Å². The van der Waals surface area contributed by atoms with Gasteiger partial charge in [-0.05, 0) is 22.9 Å². The summed E-state index contributed by atoms with van der Waals surface area (Å²) < 4.78 is 12.9. The van der Waals surface area contributed by atoms with Gasteiger partial charge >= 0.3 is 0 Å². The molecule has 3 N–H and O–H groups in total. The van der Waals surface area contributed by atoms with Crippen LogP contribution in [0.3, 0.4) is 0 Å². The summed E-state index contributed by atoms with van der Waals surface area (Å²) in [5.74, 6) is 0.00644. The molecule has 1 aromatic carbocycles. The van der Waals surface area contributed by atoms with E-state index in [1.807, 2.05) is 0 Å². The van der Waals surface area contributed by atoms with Crippen LogP contribution in [0.1, 0.15) is 5.56 Å². The molecule has 0 bridgehead atoms. The number of hydrogen-bond donors (Lipinski definition) is 2. The normalized spacial score (nSPS) is 10.4. The molecule has 0 aliphatic heterocycles. The molecule has 0 fully saturated rings. The number of nitrogens with two attached hydrogens (primary N) is 1. The fourth-order valence-electron chi connectivity index (χ4n) is 1.21. The Morgan fingerprint density at radius 2 is 2.29 bits per heavy atom. The number of benzene rings is 1. The van der Waals surface area contributed by atoms with Crippen molar-refractivity contribution in [2.75, 3.05) is 0 Å². The van der Waals surface area contributed by atoms with Crippen LogP contribution in [0, 0.1) is 5.82 Å². The van der Waals surface area contributed by atoms with Crippen LogP contribution >= 0.6 is 0 Å². The lowest BCUT2D eigenvalue weighted by atomic mass is 10.1. The molecule has 2 aromatic rings. The highest BCUT2D eigenvalue weighted by molar-refractivity contribution is 5.59. The molecule has 1 heterocycles. The molecule has 72 valence electrons. The SMILES string of the molecule is NCc1ccc(F)cc1-c1nn[nH]n1. The Hall–Kier alpha value is -1.82. The lowest BCUT2D eigenvalue weighted by Crippen LogP contribution is -2.00. The van der Waals surface area contributed by atoms with Crippen molar-refractivity contribution in [3.05, 3.63) is 29.6 Å². The first-order chi connectivity index (χ1) is 6.81. The summed E-state index contributed by atoms with van der Waals surface area (Å²) in [6.07, 6.45) is 0. The van der Waals surface area contributed by atoms with Crippen molar-refractivity contribution in [2.24, 2.45) is 5.73 Å². The lowest BCUT2D eigenvalue weighted by molar-refractivity contribution is 0.627. The maximum Gasteiger partial charge on any atom is 0.205 e. The van der Waals surface area contributed by atoms with Gasteiger partial charge in [0.15, 0.2) is 0 Å². The molecule has 0 spiro atoms. The standard InChI is InChI=1S/C8H8FN5/c9-6-2-1-5(4-10)7(3-6)8-11-13-14-12-8/h1-3H,4,10H2,(H,11,12,13,14). The van der Waals surface area contributed by atoms with Crippen LogP contribution in [-0.4, -0.2) is 20.6 Å². The van der Waals surface area contributed by atoms with Crippen molar-refractivity contribution in [2.45, 2.75) is 6.54 Å². The largest absolute Gasteiger partial charge is 0.326 e. The molecular formula is C8H8FN5. The predicted octanol–water partition coefficient (Wildman–Crippen LogP) is 0.465. The van der Waals surface area contributed by atoms with E-state index in [0.717, 1.165) is 5.56 Å². The second kappa shape index (κ2) is 3.51. The van der Waals surface area contributed by atoms with Crippen LogP contribution in [0.5, 0.6) is 0 Å². The maximum absolute atomic E-state index is 12.9. The summed E-state index contributed by atoms with van der Waals surface area (Å²) in [5, 5.41) is 13.2. The number of aromatic nitrogens is 4. The first-order valence-electron chi connectivity index (χ1n) is 4.03. The predicted molar refractivity (Wildman–Crippen MR) is 47.5 cm³/mol. The summed E-state index contributed by atoms with van der Waals surface area (Å²) in [6, 6.07) is 4.31. The molecule has 1 aromatic heterocycles. The molecule has 2 rings (SSSR count). The molecular weight excluding hydrogens is 185 g/mol. The van der Waals surface area contributed by atoms with E-state index in [1.54, 1.807) is 6.07 Å². The molecule has 0 atom stereocenters. The molecule has 0 unspecified atom stereocenters. The monoisotopic (exact) mass is 193 g/mol. The average Bonchev–Trinajstić information content (AvgIpc) is 2.70. The number of hydrogen-bond acceptors (Lipinski definition) is 4. The Balaban J connectivity index is 2.55. The van der Waals surface area contributed by atoms with Gasteiger partial charge in [-0.1, -0.05) is 6.07 Å². The van der Waals surface area contributed by atoms with Crippen molar-refractivity contribution in [1.29, 1.82) is 0 Å². The molecule has 5 nitrogen and oxygen atoms in total. The van der Waals surface area contributed by atoms with Gasteiger partial charge in [0.1, 0.15) is 5.82 Å². The Labute approximate surface area is 79.1 Å². The third-order valence-corrected chi connectivity index (χ3v) is 1.88. The van der Waals surface area contributed by atoms with E-state index in [9.17, 15) is 4.39 Å². The van der Waals surface area contributed by atoms with Gasteiger partial charge in [0.2, 0.25) is 5.82 Å². The molecule has 14 heavy (non-hydrogen) atoms. The summed E-state index contributed by atoms with van der Waals surface area (Å²) >= 11 is 0. The van der Waals surface area contributed by atoms with Gasteiger partial charge in [-0.3, -0.25) is 0 Å². The highest BCUT2D eigenvalue weighted by atomic mass is 19.1. The van der Waals surface area contributed by atoms with E-state index >= 15 is 0 Å². The minimum atomic E-state index is -0.345. The number of rotatable bonds is 2. The maximum atomic E-state index is 12.9. The number of aromatic amines is 1. The van der Waals surface area contributed by atoms with Gasteiger partial charge in [0.05, 0.1) is 0 Å². The zero-order valence-corrected chi connectivity index (χ0v) is 7.24. The van der Waals surface area contributed by atoms with Gasteiger partial charge in [0.25, 0.3) is 0 Å². The van der Waals surface area contributed by atoms with Crippen LogP contribution in [0.15, 0.2) is 18.2 Å². The van der Waals surface area contributed by atoms with E-state index in [2.05, 4.69) is 20.6 Å². The number of nitrogens with zero attached hydrogens (tertiary/aromatic N) is 3. The van der Waals surface area contributed by atoms with Gasteiger partial charge in [0, 0.05) is 12.1 Å². The van der Waals surface area contributed by atoms with Crippen LogP contribution in [0.25, 0.3) is 11.4 Å². The molecule has 0 aliphatic carbocycles. The van der Waals surface area contributed by atoms with Crippen LogP contribution in [0.2, 0.25) is 0 Å². The zero-order chi connectivity index (χ0) is 9.97. The summed E-state index contributed by atoms with van der Waals surface area (Å²) in [4.78, 5) is 0. The van der Waals surface area contributed by atoms with Gasteiger partial charge in [-0.15, -0.1) is 10.2 Å². The van der Waals surface area contributed by atoms with E-state index in [1.165, 1.54) is 12.1 Å². The highest BCUT2D eigenvalue weighted by Crippen LogP contribution is 2.19. The van der Waals surface area contributed by atoms with Gasteiger partial charge in [-0.2, -0.15) is 5.21 Å². The Morgan fingerprint density at radius 3 is 2.93 bits per heavy atom. The smallest absolute Gasteiger partial charge is 0.205 e. The Morgan fingerprint density at radius 1 is 1.43 bits per heavy atom. The summed E-state index contributed by atoms with van der Waals surface area (Å²) in [7, 11) is 0. The number of tetrazole rings is 1. The van der Waals surface area contributed by atoms with Crippen molar-refractivity contribution in [3.8, 4) is 11.4 Å². The van der Waals surface area contributed by atoms with Crippen LogP contribution in [-0.2, 0) is 6.54 Å². The quantitative estimate of drug-likeness (QED) is 0.726. The molecule has 0 saturated heterocycles. The highest BCUT2D eigenvalue weighted by Gasteiger charge is 2.09.